The van der Waals surface area contributed by atoms with E-state index in [0.717, 1.165) is 16.7 Å². The van der Waals surface area contributed by atoms with Gasteiger partial charge in [-0.25, -0.2) is 4.79 Å². The van der Waals surface area contributed by atoms with E-state index in [1.54, 1.807) is 27.7 Å². The second-order valence-corrected chi connectivity index (χ2v) is 11.0. The van der Waals surface area contributed by atoms with E-state index >= 15 is 0 Å². The number of hydrogen-bond donors (Lipinski definition) is 1. The van der Waals surface area contributed by atoms with E-state index < -0.39 is 35.7 Å². The molecule has 0 aromatic heterocycles. The van der Waals surface area contributed by atoms with Gasteiger partial charge >= 0.3 is 6.09 Å². The van der Waals surface area contributed by atoms with E-state index in [0.29, 0.717) is 6.61 Å². The molecule has 3 aromatic rings. The van der Waals surface area contributed by atoms with E-state index in [2.05, 4.69) is 0 Å². The van der Waals surface area contributed by atoms with Gasteiger partial charge in [-0.05, 0) is 44.4 Å². The predicted molar refractivity (Wildman–Crippen MR) is 149 cm³/mol. The number of carbonyl (C=O) groups excluding carboxylic acids is 1. The van der Waals surface area contributed by atoms with Crippen LogP contribution in [0.4, 0.5) is 4.79 Å². The SMILES string of the molecule is CC(C)(C)OC(=O)N1[C@H](COCc2ccccc2)[C@@H](OCc2ccccc2)[C@H](OCc2ccccc2)C1(C)O. The summed E-state index contributed by atoms with van der Waals surface area (Å²) in [5.74, 6) is 0. The summed E-state index contributed by atoms with van der Waals surface area (Å²) in [5.41, 5.74) is 0.441. The molecule has 4 atom stereocenters. The third-order valence-electron chi connectivity index (χ3n) is 6.58. The molecule has 0 spiro atoms. The largest absolute Gasteiger partial charge is 0.444 e. The van der Waals surface area contributed by atoms with E-state index in [9.17, 15) is 9.90 Å². The predicted octanol–water partition coefficient (Wildman–Crippen LogP) is 5.70. The number of rotatable bonds is 10. The lowest BCUT2D eigenvalue weighted by Crippen LogP contribution is -2.55. The van der Waals surface area contributed by atoms with Gasteiger partial charge in [-0.15, -0.1) is 0 Å². The van der Waals surface area contributed by atoms with E-state index in [1.165, 1.54) is 4.90 Å². The van der Waals surface area contributed by atoms with Crippen molar-refractivity contribution >= 4 is 6.09 Å². The number of carbonyl (C=O) groups is 1. The first-order valence-corrected chi connectivity index (χ1v) is 13.3. The highest BCUT2D eigenvalue weighted by Crippen LogP contribution is 2.39. The number of nitrogens with zero attached hydrogens (tertiary/aromatic N) is 1. The van der Waals surface area contributed by atoms with Crippen molar-refractivity contribution in [1.82, 2.24) is 4.90 Å². The van der Waals surface area contributed by atoms with Gasteiger partial charge in [0.05, 0.1) is 32.5 Å². The highest BCUT2D eigenvalue weighted by Gasteiger charge is 2.60. The van der Waals surface area contributed by atoms with Gasteiger partial charge in [-0.1, -0.05) is 91.0 Å². The zero-order chi connectivity index (χ0) is 27.9. The van der Waals surface area contributed by atoms with E-state index in [4.69, 9.17) is 18.9 Å². The Morgan fingerprint density at radius 3 is 1.74 bits per heavy atom. The fourth-order valence-electron chi connectivity index (χ4n) is 4.78. The lowest BCUT2D eigenvalue weighted by atomic mass is 10.1. The second-order valence-electron chi connectivity index (χ2n) is 11.0. The Morgan fingerprint density at radius 2 is 1.26 bits per heavy atom. The molecule has 3 aromatic carbocycles. The molecule has 208 valence electrons. The van der Waals surface area contributed by atoms with Gasteiger partial charge in [-0.3, -0.25) is 4.90 Å². The number of benzene rings is 3. The van der Waals surface area contributed by atoms with Gasteiger partial charge in [-0.2, -0.15) is 0 Å². The van der Waals surface area contributed by atoms with Crippen molar-refractivity contribution in [3.63, 3.8) is 0 Å². The Bertz CT molecular complexity index is 1160. The van der Waals surface area contributed by atoms with Crippen LogP contribution in [0.25, 0.3) is 0 Å². The molecule has 0 saturated carbocycles. The maximum Gasteiger partial charge on any atom is 0.413 e. The van der Waals surface area contributed by atoms with E-state index in [-0.39, 0.29) is 19.8 Å². The minimum atomic E-state index is -1.72. The molecule has 1 N–H and O–H groups in total. The first-order valence-electron chi connectivity index (χ1n) is 13.3. The molecule has 1 saturated heterocycles. The van der Waals surface area contributed by atoms with Crippen LogP contribution in [0.3, 0.4) is 0 Å². The van der Waals surface area contributed by atoms with Gasteiger partial charge in [0.25, 0.3) is 0 Å². The molecule has 0 bridgehead atoms. The zero-order valence-electron chi connectivity index (χ0n) is 23.2. The molecule has 0 radical (unpaired) electrons. The molecular formula is C32H39NO6. The summed E-state index contributed by atoms with van der Waals surface area (Å²) >= 11 is 0. The average molecular weight is 534 g/mol. The quantitative estimate of drug-likeness (QED) is 0.360. The van der Waals surface area contributed by atoms with Crippen LogP contribution in [0.1, 0.15) is 44.4 Å². The van der Waals surface area contributed by atoms with Gasteiger partial charge < -0.3 is 24.1 Å². The Morgan fingerprint density at radius 1 is 0.795 bits per heavy atom. The Balaban J connectivity index is 1.63. The molecule has 1 aliphatic heterocycles. The van der Waals surface area contributed by atoms with Gasteiger partial charge in [0.1, 0.15) is 17.8 Å². The minimum Gasteiger partial charge on any atom is -0.444 e. The van der Waals surface area contributed by atoms with E-state index in [1.807, 2.05) is 91.0 Å². The third kappa shape index (κ3) is 7.67. The summed E-state index contributed by atoms with van der Waals surface area (Å²) in [6.07, 6.45) is -2.20. The van der Waals surface area contributed by atoms with Crippen molar-refractivity contribution in [1.29, 1.82) is 0 Å². The molecule has 7 nitrogen and oxygen atoms in total. The number of amides is 1. The highest BCUT2D eigenvalue weighted by molar-refractivity contribution is 5.70. The van der Waals surface area contributed by atoms with Crippen LogP contribution in [0, 0.1) is 0 Å². The number of aliphatic hydroxyl groups is 1. The van der Waals surface area contributed by atoms with Crippen molar-refractivity contribution in [3.05, 3.63) is 108 Å². The van der Waals surface area contributed by atoms with Gasteiger partial charge in [0.15, 0.2) is 5.72 Å². The lowest BCUT2D eigenvalue weighted by molar-refractivity contribution is -0.167. The monoisotopic (exact) mass is 533 g/mol. The normalized spacial score (nSPS) is 23.1. The zero-order valence-corrected chi connectivity index (χ0v) is 23.2. The van der Waals surface area contributed by atoms with Crippen LogP contribution in [0.15, 0.2) is 91.0 Å². The lowest BCUT2D eigenvalue weighted by Gasteiger charge is -2.36. The molecule has 1 unspecified atom stereocenters. The van der Waals surface area contributed by atoms with Crippen LogP contribution in [-0.2, 0) is 38.8 Å². The van der Waals surface area contributed by atoms with Crippen LogP contribution >= 0.6 is 0 Å². The number of likely N-dealkylation sites (tertiary alicyclic amines) is 1. The summed E-state index contributed by atoms with van der Waals surface area (Å²) in [6.45, 7) is 7.95. The van der Waals surface area contributed by atoms with Crippen molar-refractivity contribution in [2.45, 2.75) is 77.1 Å². The summed E-state index contributed by atoms with van der Waals surface area (Å²) in [6, 6.07) is 28.6. The van der Waals surface area contributed by atoms with Crippen molar-refractivity contribution < 1.29 is 28.8 Å². The van der Waals surface area contributed by atoms with Crippen LogP contribution in [0.5, 0.6) is 0 Å². The molecule has 4 rings (SSSR count). The molecule has 1 heterocycles. The van der Waals surface area contributed by atoms with Gasteiger partial charge in [0, 0.05) is 0 Å². The summed E-state index contributed by atoms with van der Waals surface area (Å²) in [4.78, 5) is 14.9. The number of ether oxygens (including phenoxy) is 4. The maximum absolute atomic E-state index is 13.5. The van der Waals surface area contributed by atoms with Gasteiger partial charge in [0.2, 0.25) is 0 Å². The fraction of sp³-hybridized carbons (Fsp3) is 0.406. The number of hydrogen-bond acceptors (Lipinski definition) is 6. The molecule has 1 fully saturated rings. The molecular weight excluding hydrogens is 494 g/mol. The Kier molecular flexibility index (Phi) is 9.40. The Hall–Kier alpha value is -3.23. The van der Waals surface area contributed by atoms with Crippen LogP contribution in [0.2, 0.25) is 0 Å². The minimum absolute atomic E-state index is 0.120. The maximum atomic E-state index is 13.5. The molecule has 1 aliphatic rings. The molecule has 1 amide bonds. The third-order valence-corrected chi connectivity index (χ3v) is 6.58. The average Bonchev–Trinajstić information content (AvgIpc) is 3.12. The highest BCUT2D eigenvalue weighted by atomic mass is 16.6. The summed E-state index contributed by atoms with van der Waals surface area (Å²) in [7, 11) is 0. The molecule has 39 heavy (non-hydrogen) atoms. The topological polar surface area (TPSA) is 77.5 Å². The standard InChI is InChI=1S/C32H39NO6/c1-31(2,3)39-30(34)33-27(23-36-20-24-14-8-5-9-15-24)28(37-21-25-16-10-6-11-17-25)29(32(33,4)35)38-22-26-18-12-7-13-19-26/h5-19,27-29,35H,20-23H2,1-4H3/t27-,28-,29+,32?/m1/s1. The summed E-state index contributed by atoms with van der Waals surface area (Å²) in [5, 5.41) is 11.9. The Labute approximate surface area is 231 Å². The molecule has 7 heteroatoms. The van der Waals surface area contributed by atoms with Crippen LogP contribution in [-0.4, -0.2) is 52.3 Å². The smallest absolute Gasteiger partial charge is 0.413 e. The molecule has 0 aliphatic carbocycles. The van der Waals surface area contributed by atoms with Crippen molar-refractivity contribution in [2.24, 2.45) is 0 Å². The second kappa shape index (κ2) is 12.7. The first kappa shape index (κ1) is 28.8. The van der Waals surface area contributed by atoms with Crippen molar-refractivity contribution in [3.8, 4) is 0 Å². The van der Waals surface area contributed by atoms with Crippen LogP contribution < -0.4 is 0 Å². The first-order chi connectivity index (χ1) is 18.6. The summed E-state index contributed by atoms with van der Waals surface area (Å²) < 4.78 is 24.6. The van der Waals surface area contributed by atoms with Crippen molar-refractivity contribution in [2.75, 3.05) is 6.61 Å². The fourth-order valence-corrected chi connectivity index (χ4v) is 4.78.